The van der Waals surface area contributed by atoms with Crippen LogP contribution in [-0.2, 0) is 16.1 Å². The number of hydrogen-bond acceptors (Lipinski definition) is 5. The summed E-state index contributed by atoms with van der Waals surface area (Å²) in [6.45, 7) is 3.45. The number of carbonyl (C=O) groups is 1. The van der Waals surface area contributed by atoms with Gasteiger partial charge in [-0.1, -0.05) is 48.5 Å². The van der Waals surface area contributed by atoms with Gasteiger partial charge in [-0.2, -0.15) is 5.26 Å². The molecule has 0 saturated heterocycles. The molecule has 0 fully saturated rings. The molecule has 1 N–H and O–H groups in total. The summed E-state index contributed by atoms with van der Waals surface area (Å²) in [6.07, 6.45) is 1.53. The molecule has 0 aromatic heterocycles. The fraction of sp³-hybridized carbons (Fsp3) is 0.231. The van der Waals surface area contributed by atoms with Gasteiger partial charge in [-0.15, -0.1) is 0 Å². The smallest absolute Gasteiger partial charge is 0.262 e. The molecule has 0 heterocycles. The fourth-order valence-electron chi connectivity index (χ4n) is 3.25. The van der Waals surface area contributed by atoms with Crippen molar-refractivity contribution >= 4 is 22.8 Å². The Labute approximate surface area is 188 Å². The van der Waals surface area contributed by atoms with E-state index in [4.69, 9.17) is 14.2 Å². The van der Waals surface area contributed by atoms with E-state index in [0.29, 0.717) is 43.4 Å². The number of benzene rings is 3. The van der Waals surface area contributed by atoms with Gasteiger partial charge in [0, 0.05) is 13.7 Å². The molecule has 0 aliphatic rings. The zero-order valence-corrected chi connectivity index (χ0v) is 18.3. The monoisotopic (exact) mass is 430 g/mol. The van der Waals surface area contributed by atoms with Crippen molar-refractivity contribution < 1.29 is 19.0 Å². The summed E-state index contributed by atoms with van der Waals surface area (Å²) in [7, 11) is 1.55. The van der Waals surface area contributed by atoms with E-state index in [1.807, 2.05) is 37.3 Å². The third kappa shape index (κ3) is 5.87. The molecule has 0 aliphatic carbocycles. The number of nitrogens with one attached hydrogen (secondary N) is 1. The Hall–Kier alpha value is -3.82. The Morgan fingerprint density at radius 1 is 1.06 bits per heavy atom. The number of amides is 1. The summed E-state index contributed by atoms with van der Waals surface area (Å²) >= 11 is 0. The number of ether oxygens (including phenoxy) is 3. The van der Waals surface area contributed by atoms with Crippen molar-refractivity contribution in [1.82, 2.24) is 5.32 Å². The lowest BCUT2D eigenvalue weighted by atomic mass is 10.1. The summed E-state index contributed by atoms with van der Waals surface area (Å²) in [5, 5.41) is 14.3. The van der Waals surface area contributed by atoms with E-state index in [0.717, 1.165) is 16.3 Å². The Morgan fingerprint density at radius 3 is 2.66 bits per heavy atom. The van der Waals surface area contributed by atoms with Gasteiger partial charge in [-0.25, -0.2) is 0 Å². The van der Waals surface area contributed by atoms with Gasteiger partial charge in [0.25, 0.3) is 5.91 Å². The molecule has 3 rings (SSSR count). The minimum atomic E-state index is -0.446. The molecule has 0 atom stereocenters. The van der Waals surface area contributed by atoms with Crippen molar-refractivity contribution in [3.8, 4) is 17.6 Å². The molecule has 6 nitrogen and oxygen atoms in total. The third-order valence-electron chi connectivity index (χ3n) is 4.80. The summed E-state index contributed by atoms with van der Waals surface area (Å²) < 4.78 is 16.7. The van der Waals surface area contributed by atoms with Crippen LogP contribution in [0, 0.1) is 11.3 Å². The summed E-state index contributed by atoms with van der Waals surface area (Å²) in [4.78, 5) is 12.2. The van der Waals surface area contributed by atoms with Gasteiger partial charge >= 0.3 is 0 Å². The Kier molecular flexibility index (Phi) is 8.24. The van der Waals surface area contributed by atoms with Crippen LogP contribution in [0.15, 0.2) is 66.2 Å². The average molecular weight is 431 g/mol. The SMILES string of the molecule is CCOc1cc(/C=C(\C#N)C(=O)NCCOC)ccc1OCc1cccc2ccccc12. The Balaban J connectivity index is 1.79. The van der Waals surface area contributed by atoms with Crippen molar-refractivity contribution in [3.05, 3.63) is 77.4 Å². The lowest BCUT2D eigenvalue weighted by Crippen LogP contribution is -2.27. The number of nitrogens with zero attached hydrogens (tertiary/aromatic N) is 1. The maximum atomic E-state index is 12.2. The topological polar surface area (TPSA) is 80.6 Å². The number of fused-ring (bicyclic) bond motifs is 1. The van der Waals surface area contributed by atoms with Gasteiger partial charge in [-0.05, 0) is 47.0 Å². The van der Waals surface area contributed by atoms with Crippen LogP contribution in [-0.4, -0.2) is 32.8 Å². The van der Waals surface area contributed by atoms with Gasteiger partial charge < -0.3 is 19.5 Å². The highest BCUT2D eigenvalue weighted by Crippen LogP contribution is 2.31. The number of rotatable bonds is 10. The number of methoxy groups -OCH3 is 1. The van der Waals surface area contributed by atoms with Crippen LogP contribution >= 0.6 is 0 Å². The highest BCUT2D eigenvalue weighted by molar-refractivity contribution is 6.01. The van der Waals surface area contributed by atoms with E-state index in [2.05, 4.69) is 23.5 Å². The van der Waals surface area contributed by atoms with E-state index in [-0.39, 0.29) is 5.57 Å². The van der Waals surface area contributed by atoms with E-state index >= 15 is 0 Å². The second kappa shape index (κ2) is 11.5. The summed E-state index contributed by atoms with van der Waals surface area (Å²) in [6, 6.07) is 21.6. The quantitative estimate of drug-likeness (QED) is 0.291. The molecule has 0 saturated carbocycles. The predicted molar refractivity (Wildman–Crippen MR) is 124 cm³/mol. The van der Waals surface area contributed by atoms with E-state index in [9.17, 15) is 10.1 Å². The van der Waals surface area contributed by atoms with Crippen molar-refractivity contribution in [2.75, 3.05) is 26.9 Å². The Bertz CT molecular complexity index is 1140. The van der Waals surface area contributed by atoms with Crippen LogP contribution in [0.1, 0.15) is 18.1 Å². The lowest BCUT2D eigenvalue weighted by Gasteiger charge is -2.14. The first-order valence-electron chi connectivity index (χ1n) is 10.4. The van der Waals surface area contributed by atoms with Crippen LogP contribution < -0.4 is 14.8 Å². The van der Waals surface area contributed by atoms with Crippen molar-refractivity contribution in [3.63, 3.8) is 0 Å². The molecule has 32 heavy (non-hydrogen) atoms. The molecule has 6 heteroatoms. The molecular formula is C26H26N2O4. The fourth-order valence-corrected chi connectivity index (χ4v) is 3.25. The second-order valence-corrected chi connectivity index (χ2v) is 6.98. The molecule has 0 radical (unpaired) electrons. The second-order valence-electron chi connectivity index (χ2n) is 6.98. The Morgan fingerprint density at radius 2 is 1.88 bits per heavy atom. The molecule has 0 aliphatic heterocycles. The first-order valence-corrected chi connectivity index (χ1v) is 10.4. The molecule has 3 aromatic carbocycles. The van der Waals surface area contributed by atoms with E-state index in [1.54, 1.807) is 25.3 Å². The van der Waals surface area contributed by atoms with Crippen molar-refractivity contribution in [2.45, 2.75) is 13.5 Å². The third-order valence-corrected chi connectivity index (χ3v) is 4.80. The number of carbonyl (C=O) groups excluding carboxylic acids is 1. The minimum Gasteiger partial charge on any atom is -0.490 e. The molecule has 0 spiro atoms. The molecule has 0 unspecified atom stereocenters. The van der Waals surface area contributed by atoms with Gasteiger partial charge in [-0.3, -0.25) is 4.79 Å². The first-order chi connectivity index (χ1) is 15.7. The van der Waals surface area contributed by atoms with Crippen LogP contribution in [0.3, 0.4) is 0 Å². The molecule has 3 aromatic rings. The van der Waals surface area contributed by atoms with Crippen LogP contribution in [0.4, 0.5) is 0 Å². The summed E-state index contributed by atoms with van der Waals surface area (Å²) in [5.74, 6) is 0.706. The zero-order chi connectivity index (χ0) is 22.8. The molecule has 164 valence electrons. The van der Waals surface area contributed by atoms with Gasteiger partial charge in [0.15, 0.2) is 11.5 Å². The predicted octanol–water partition coefficient (Wildman–Crippen LogP) is 4.49. The summed E-state index contributed by atoms with van der Waals surface area (Å²) in [5.41, 5.74) is 1.76. The molecule has 0 bridgehead atoms. The van der Waals surface area contributed by atoms with Crippen LogP contribution in [0.25, 0.3) is 16.8 Å². The normalized spacial score (nSPS) is 11.1. The molecule has 1 amide bonds. The highest BCUT2D eigenvalue weighted by atomic mass is 16.5. The van der Waals surface area contributed by atoms with Crippen molar-refractivity contribution in [2.24, 2.45) is 0 Å². The highest BCUT2D eigenvalue weighted by Gasteiger charge is 2.11. The number of nitriles is 1. The average Bonchev–Trinajstić information content (AvgIpc) is 2.82. The molecular weight excluding hydrogens is 404 g/mol. The number of hydrogen-bond donors (Lipinski definition) is 1. The maximum absolute atomic E-state index is 12.2. The largest absolute Gasteiger partial charge is 0.490 e. The van der Waals surface area contributed by atoms with Gasteiger partial charge in [0.2, 0.25) is 0 Å². The zero-order valence-electron chi connectivity index (χ0n) is 18.3. The van der Waals surface area contributed by atoms with Crippen LogP contribution in [0.2, 0.25) is 0 Å². The first kappa shape index (κ1) is 22.9. The van der Waals surface area contributed by atoms with Gasteiger partial charge in [0.05, 0.1) is 13.2 Å². The minimum absolute atomic E-state index is 0.00738. The van der Waals surface area contributed by atoms with Crippen molar-refractivity contribution in [1.29, 1.82) is 5.26 Å². The van der Waals surface area contributed by atoms with E-state index in [1.165, 1.54) is 6.08 Å². The van der Waals surface area contributed by atoms with E-state index < -0.39 is 5.91 Å². The standard InChI is InChI=1S/C26H26N2O4/c1-3-31-25-16-19(15-22(17-27)26(29)28-13-14-30-2)11-12-24(25)32-18-21-9-6-8-20-7-4-5-10-23(20)21/h4-12,15-16H,3,13-14,18H2,1-2H3,(H,28,29)/b22-15+. The van der Waals surface area contributed by atoms with Gasteiger partial charge in [0.1, 0.15) is 18.2 Å². The lowest BCUT2D eigenvalue weighted by molar-refractivity contribution is -0.117. The van der Waals surface area contributed by atoms with Crippen LogP contribution in [0.5, 0.6) is 11.5 Å². The maximum Gasteiger partial charge on any atom is 0.262 e.